The fourth-order valence-electron chi connectivity index (χ4n) is 4.42. The lowest BCUT2D eigenvalue weighted by molar-refractivity contribution is -0.140. The molecule has 0 heterocycles. The molecule has 0 saturated heterocycles. The van der Waals surface area contributed by atoms with E-state index in [1.807, 2.05) is 65.8 Å². The molecule has 220 valence electrons. The van der Waals surface area contributed by atoms with E-state index < -0.39 is 34.1 Å². The Hall–Kier alpha value is -3.85. The minimum Gasteiger partial charge on any atom is -0.497 e. The van der Waals surface area contributed by atoms with Crippen LogP contribution in [0.1, 0.15) is 49.9 Å². The normalized spacial score (nSPS) is 12.4. The van der Waals surface area contributed by atoms with Gasteiger partial charge in [-0.15, -0.1) is 0 Å². The molecule has 0 bridgehead atoms. The second-order valence-electron chi connectivity index (χ2n) is 11.4. The van der Waals surface area contributed by atoms with Crippen molar-refractivity contribution in [2.24, 2.45) is 0 Å². The van der Waals surface area contributed by atoms with Gasteiger partial charge < -0.3 is 15.0 Å². The highest BCUT2D eigenvalue weighted by Crippen LogP contribution is 2.28. The van der Waals surface area contributed by atoms with E-state index in [0.717, 1.165) is 21.0 Å². The molecule has 1 atom stereocenters. The van der Waals surface area contributed by atoms with Crippen LogP contribution < -0.4 is 14.4 Å². The van der Waals surface area contributed by atoms with Crippen LogP contribution in [0.15, 0.2) is 71.6 Å². The first-order chi connectivity index (χ1) is 19.1. The molecule has 0 aromatic heterocycles. The molecule has 0 spiro atoms. The molecule has 0 unspecified atom stereocenters. The monoisotopic (exact) mass is 579 g/mol. The molecule has 3 rings (SSSR count). The lowest BCUT2D eigenvalue weighted by atomic mass is 10.1. The average molecular weight is 580 g/mol. The lowest BCUT2D eigenvalue weighted by Crippen LogP contribution is -2.54. The summed E-state index contributed by atoms with van der Waals surface area (Å²) >= 11 is 0. The Labute approximate surface area is 244 Å². The standard InChI is InChI=1S/C32H41N3O5S/c1-22-9-16-28(17-10-22)41(38,39)35(29-18-11-23(2)19-24(29)3)21-30(36)34(25(4)31(37)33-32(5,6)7)20-26-12-14-27(40-8)15-13-26/h9-19,25H,20-21H2,1-8H3,(H,33,37)/t25-/m1/s1. The molecule has 3 aromatic carbocycles. The number of hydrogen-bond acceptors (Lipinski definition) is 5. The quantitative estimate of drug-likeness (QED) is 0.359. The molecule has 0 aliphatic carbocycles. The van der Waals surface area contributed by atoms with E-state index >= 15 is 0 Å². The maximum atomic E-state index is 14.1. The van der Waals surface area contributed by atoms with Crippen molar-refractivity contribution in [1.29, 1.82) is 0 Å². The second kappa shape index (κ2) is 12.8. The Morgan fingerprint density at radius 3 is 2.02 bits per heavy atom. The number of rotatable bonds is 10. The number of aryl methyl sites for hydroxylation is 3. The molecule has 3 aromatic rings. The van der Waals surface area contributed by atoms with E-state index in [0.29, 0.717) is 17.0 Å². The zero-order valence-electron chi connectivity index (χ0n) is 25.2. The minimum atomic E-state index is -4.12. The first-order valence-corrected chi connectivity index (χ1v) is 15.0. The van der Waals surface area contributed by atoms with Gasteiger partial charge in [0.25, 0.3) is 10.0 Å². The largest absolute Gasteiger partial charge is 0.497 e. The lowest BCUT2D eigenvalue weighted by Gasteiger charge is -2.34. The van der Waals surface area contributed by atoms with Gasteiger partial charge in [-0.3, -0.25) is 13.9 Å². The van der Waals surface area contributed by atoms with Crippen molar-refractivity contribution in [3.05, 3.63) is 89.0 Å². The molecule has 9 heteroatoms. The number of anilines is 1. The number of methoxy groups -OCH3 is 1. The number of nitrogens with zero attached hydrogens (tertiary/aromatic N) is 2. The van der Waals surface area contributed by atoms with Crippen molar-refractivity contribution in [3.8, 4) is 5.75 Å². The minimum absolute atomic E-state index is 0.0797. The van der Waals surface area contributed by atoms with Crippen LogP contribution in [0.25, 0.3) is 0 Å². The first-order valence-electron chi connectivity index (χ1n) is 13.5. The zero-order chi connectivity index (χ0) is 30.5. The van der Waals surface area contributed by atoms with Crippen molar-refractivity contribution < 1.29 is 22.7 Å². The Morgan fingerprint density at radius 2 is 1.49 bits per heavy atom. The highest BCUT2D eigenvalue weighted by Gasteiger charge is 2.34. The Kier molecular flexibility index (Phi) is 9.86. The van der Waals surface area contributed by atoms with Crippen molar-refractivity contribution in [2.45, 2.75) is 71.5 Å². The van der Waals surface area contributed by atoms with Gasteiger partial charge in [-0.2, -0.15) is 0 Å². The first kappa shape index (κ1) is 31.7. The number of carbonyl (C=O) groups excluding carboxylic acids is 2. The molecule has 1 N–H and O–H groups in total. The molecule has 0 radical (unpaired) electrons. The van der Waals surface area contributed by atoms with E-state index in [-0.39, 0.29) is 17.3 Å². The fourth-order valence-corrected chi connectivity index (χ4v) is 5.90. The number of nitrogens with one attached hydrogen (secondary N) is 1. The predicted octanol–water partition coefficient (Wildman–Crippen LogP) is 5.15. The van der Waals surface area contributed by atoms with E-state index in [1.165, 1.54) is 4.90 Å². The third-order valence-corrected chi connectivity index (χ3v) is 8.46. The third kappa shape index (κ3) is 8.10. The third-order valence-electron chi connectivity index (χ3n) is 6.69. The van der Waals surface area contributed by atoms with E-state index in [1.54, 1.807) is 56.5 Å². The Bertz CT molecular complexity index is 1480. The van der Waals surface area contributed by atoms with Gasteiger partial charge in [0.05, 0.1) is 17.7 Å². The molecule has 8 nitrogen and oxygen atoms in total. The second-order valence-corrected chi connectivity index (χ2v) is 13.3. The number of carbonyl (C=O) groups is 2. The van der Waals surface area contributed by atoms with Gasteiger partial charge in [0, 0.05) is 12.1 Å². The summed E-state index contributed by atoms with van der Waals surface area (Å²) in [6, 6.07) is 18.3. The maximum absolute atomic E-state index is 14.1. The number of benzene rings is 3. The summed E-state index contributed by atoms with van der Waals surface area (Å²) in [4.78, 5) is 28.8. The summed E-state index contributed by atoms with van der Waals surface area (Å²) in [5.41, 5.74) is 3.27. The topological polar surface area (TPSA) is 96.0 Å². The SMILES string of the molecule is COc1ccc(CN(C(=O)CN(c2ccc(C)cc2C)S(=O)(=O)c2ccc(C)cc2)[C@H](C)C(=O)NC(C)(C)C)cc1. The van der Waals surface area contributed by atoms with Gasteiger partial charge in [0.1, 0.15) is 18.3 Å². The summed E-state index contributed by atoms with van der Waals surface area (Å²) in [5.74, 6) is -0.178. The molecular weight excluding hydrogens is 538 g/mol. The molecular formula is C32H41N3O5S. The van der Waals surface area contributed by atoms with Gasteiger partial charge in [-0.1, -0.05) is 47.5 Å². The summed E-state index contributed by atoms with van der Waals surface area (Å²) in [6.07, 6.45) is 0. The van der Waals surface area contributed by atoms with Crippen LogP contribution in [0, 0.1) is 20.8 Å². The van der Waals surface area contributed by atoms with E-state index in [2.05, 4.69) is 5.32 Å². The van der Waals surface area contributed by atoms with Gasteiger partial charge in [0.2, 0.25) is 11.8 Å². The fraction of sp³-hybridized carbons (Fsp3) is 0.375. The Balaban J connectivity index is 2.06. The molecule has 0 saturated carbocycles. The van der Waals surface area contributed by atoms with Crippen molar-refractivity contribution in [2.75, 3.05) is 18.0 Å². The van der Waals surface area contributed by atoms with Crippen molar-refractivity contribution in [1.82, 2.24) is 10.2 Å². The average Bonchev–Trinajstić information content (AvgIpc) is 2.90. The molecule has 0 aliphatic heterocycles. The highest BCUT2D eigenvalue weighted by atomic mass is 32.2. The molecule has 0 fully saturated rings. The van der Waals surface area contributed by atoms with Gasteiger partial charge in [-0.25, -0.2) is 8.42 Å². The van der Waals surface area contributed by atoms with Crippen LogP contribution in [0.2, 0.25) is 0 Å². The Morgan fingerprint density at radius 1 is 0.902 bits per heavy atom. The van der Waals surface area contributed by atoms with Gasteiger partial charge in [-0.05, 0) is 89.9 Å². The van der Waals surface area contributed by atoms with Crippen LogP contribution in [0.5, 0.6) is 5.75 Å². The number of hydrogen-bond donors (Lipinski definition) is 1. The predicted molar refractivity (Wildman–Crippen MR) is 163 cm³/mol. The smallest absolute Gasteiger partial charge is 0.264 e. The van der Waals surface area contributed by atoms with Crippen LogP contribution in [0.3, 0.4) is 0 Å². The summed E-state index contributed by atoms with van der Waals surface area (Å²) in [5, 5.41) is 2.94. The van der Waals surface area contributed by atoms with Gasteiger partial charge >= 0.3 is 0 Å². The molecule has 0 aliphatic rings. The van der Waals surface area contributed by atoms with E-state index in [9.17, 15) is 18.0 Å². The summed E-state index contributed by atoms with van der Waals surface area (Å²) in [7, 11) is -2.55. The maximum Gasteiger partial charge on any atom is 0.264 e. The molecule has 41 heavy (non-hydrogen) atoms. The molecule has 2 amide bonds. The summed E-state index contributed by atoms with van der Waals surface area (Å²) in [6.45, 7) is 12.5. The van der Waals surface area contributed by atoms with Crippen molar-refractivity contribution >= 4 is 27.5 Å². The van der Waals surface area contributed by atoms with E-state index in [4.69, 9.17) is 4.74 Å². The number of sulfonamides is 1. The number of amides is 2. The van der Waals surface area contributed by atoms with Crippen LogP contribution in [-0.4, -0.2) is 50.4 Å². The van der Waals surface area contributed by atoms with Gasteiger partial charge in [0.15, 0.2) is 0 Å². The van der Waals surface area contributed by atoms with Crippen LogP contribution >= 0.6 is 0 Å². The van der Waals surface area contributed by atoms with Crippen molar-refractivity contribution in [3.63, 3.8) is 0 Å². The number of ether oxygens (including phenoxy) is 1. The zero-order valence-corrected chi connectivity index (χ0v) is 26.0. The summed E-state index contributed by atoms with van der Waals surface area (Å²) < 4.78 is 34.4. The highest BCUT2D eigenvalue weighted by molar-refractivity contribution is 7.92. The van der Waals surface area contributed by atoms with Crippen LogP contribution in [-0.2, 0) is 26.2 Å². The van der Waals surface area contributed by atoms with Crippen LogP contribution in [0.4, 0.5) is 5.69 Å².